The first-order valence-electron chi connectivity index (χ1n) is 12.0. The van der Waals surface area contributed by atoms with Crippen LogP contribution in [0.2, 0.25) is 0 Å². The predicted molar refractivity (Wildman–Crippen MR) is 135 cm³/mol. The number of aromatic nitrogens is 2. The molecule has 1 saturated heterocycles. The van der Waals surface area contributed by atoms with Gasteiger partial charge in [0.2, 0.25) is 5.60 Å². The minimum Gasteiger partial charge on any atom is -0.440 e. The molecule has 3 aliphatic heterocycles. The Bertz CT molecular complexity index is 1430. The standard InChI is InChI=1S/C26H26N4O4S/c1-2-26(25(33)27-7-8-29-9-11-35-12-10-29)18-14-20-22-17(13-16-5-3-4-6-19(16)28-22)15-30(20)23(31)21(18)24(32)34-26/h3-6,13-14H,2,7-12,15H2,1H3,(H,27,33)/t26-/m1/s1. The topological polar surface area (TPSA) is 93.5 Å². The second kappa shape index (κ2) is 8.49. The molecule has 0 bridgehead atoms. The molecular weight excluding hydrogens is 464 g/mol. The summed E-state index contributed by atoms with van der Waals surface area (Å²) >= 11 is 1.94. The lowest BCUT2D eigenvalue weighted by Crippen LogP contribution is -2.47. The maximum atomic E-state index is 13.5. The summed E-state index contributed by atoms with van der Waals surface area (Å²) in [5.74, 6) is 1.07. The molecule has 0 spiro atoms. The average molecular weight is 491 g/mol. The van der Waals surface area contributed by atoms with Crippen LogP contribution in [0.5, 0.6) is 0 Å². The van der Waals surface area contributed by atoms with Crippen molar-refractivity contribution in [3.63, 3.8) is 0 Å². The first-order chi connectivity index (χ1) is 17.0. The molecule has 1 fully saturated rings. The van der Waals surface area contributed by atoms with Crippen LogP contribution < -0.4 is 10.9 Å². The maximum absolute atomic E-state index is 13.5. The van der Waals surface area contributed by atoms with Gasteiger partial charge >= 0.3 is 5.97 Å². The van der Waals surface area contributed by atoms with Gasteiger partial charge in [-0.3, -0.25) is 14.5 Å². The molecule has 1 N–H and O–H groups in total. The van der Waals surface area contributed by atoms with Gasteiger partial charge in [0.25, 0.3) is 11.5 Å². The quantitative estimate of drug-likeness (QED) is 0.429. The van der Waals surface area contributed by atoms with E-state index in [4.69, 9.17) is 9.72 Å². The van der Waals surface area contributed by atoms with Crippen LogP contribution in [-0.4, -0.2) is 64.0 Å². The number of carbonyl (C=O) groups excluding carboxylic acids is 2. The molecule has 8 nitrogen and oxygen atoms in total. The van der Waals surface area contributed by atoms with Crippen molar-refractivity contribution >= 4 is 34.5 Å². The molecule has 180 valence electrons. The van der Waals surface area contributed by atoms with Crippen LogP contribution in [0, 0.1) is 0 Å². The molecular formula is C26H26N4O4S. The lowest BCUT2D eigenvalue weighted by molar-refractivity contribution is -0.140. The lowest BCUT2D eigenvalue weighted by atomic mass is 9.88. The van der Waals surface area contributed by atoms with Gasteiger partial charge in [-0.15, -0.1) is 0 Å². The minimum absolute atomic E-state index is 0.0452. The first kappa shape index (κ1) is 22.3. The summed E-state index contributed by atoms with van der Waals surface area (Å²) in [5.41, 5.74) is 1.42. The summed E-state index contributed by atoms with van der Waals surface area (Å²) in [7, 11) is 0. The number of para-hydroxylation sites is 1. The summed E-state index contributed by atoms with van der Waals surface area (Å²) in [4.78, 5) is 46.9. The van der Waals surface area contributed by atoms with Crippen molar-refractivity contribution in [2.24, 2.45) is 0 Å². The van der Waals surface area contributed by atoms with Gasteiger partial charge in [-0.05, 0) is 24.6 Å². The Hall–Kier alpha value is -3.17. The van der Waals surface area contributed by atoms with Crippen molar-refractivity contribution in [2.75, 3.05) is 37.7 Å². The molecule has 0 radical (unpaired) electrons. The molecule has 1 aromatic carbocycles. The second-order valence-corrected chi connectivity index (χ2v) is 10.4. The van der Waals surface area contributed by atoms with Crippen molar-refractivity contribution in [1.82, 2.24) is 19.8 Å². The van der Waals surface area contributed by atoms with E-state index in [2.05, 4.69) is 10.2 Å². The third-order valence-electron chi connectivity index (χ3n) is 7.26. The summed E-state index contributed by atoms with van der Waals surface area (Å²) in [5, 5.41) is 3.96. The first-order valence-corrected chi connectivity index (χ1v) is 13.2. The maximum Gasteiger partial charge on any atom is 0.345 e. The van der Waals surface area contributed by atoms with E-state index in [1.807, 2.05) is 42.1 Å². The number of pyridine rings is 2. The lowest BCUT2D eigenvalue weighted by Gasteiger charge is -2.29. The fourth-order valence-corrected chi connectivity index (χ4v) is 6.32. The Balaban J connectivity index is 1.37. The molecule has 9 heteroatoms. The highest BCUT2D eigenvalue weighted by Gasteiger charge is 2.52. The number of esters is 1. The molecule has 0 saturated carbocycles. The number of thioether (sulfide) groups is 1. The van der Waals surface area contributed by atoms with Crippen LogP contribution in [0.25, 0.3) is 22.3 Å². The van der Waals surface area contributed by atoms with Crippen molar-refractivity contribution in [3.05, 3.63) is 63.4 Å². The molecule has 3 aromatic rings. The number of nitrogens with zero attached hydrogens (tertiary/aromatic N) is 3. The van der Waals surface area contributed by atoms with Crippen molar-refractivity contribution < 1.29 is 14.3 Å². The number of ether oxygens (including phenoxy) is 1. The molecule has 0 aliphatic carbocycles. The van der Waals surface area contributed by atoms with E-state index in [9.17, 15) is 14.4 Å². The van der Waals surface area contributed by atoms with Gasteiger partial charge in [0, 0.05) is 54.2 Å². The molecule has 6 rings (SSSR count). The number of cyclic esters (lactones) is 1. The number of hydrogen-bond acceptors (Lipinski definition) is 7. The highest BCUT2D eigenvalue weighted by Crippen LogP contribution is 2.42. The fourth-order valence-electron chi connectivity index (χ4n) is 5.34. The molecule has 5 heterocycles. The number of amides is 1. The van der Waals surface area contributed by atoms with Crippen molar-refractivity contribution in [3.8, 4) is 11.4 Å². The highest BCUT2D eigenvalue weighted by molar-refractivity contribution is 7.99. The van der Waals surface area contributed by atoms with Gasteiger partial charge in [-0.2, -0.15) is 11.8 Å². The summed E-state index contributed by atoms with van der Waals surface area (Å²) in [6, 6.07) is 11.6. The third-order valence-corrected chi connectivity index (χ3v) is 8.20. The highest BCUT2D eigenvalue weighted by atomic mass is 32.2. The van der Waals surface area contributed by atoms with E-state index in [0.717, 1.165) is 47.6 Å². The summed E-state index contributed by atoms with van der Waals surface area (Å²) in [6.45, 7) is 5.33. The number of carbonyl (C=O) groups is 2. The third kappa shape index (κ3) is 3.48. The van der Waals surface area contributed by atoms with E-state index < -0.39 is 17.1 Å². The SMILES string of the molecule is CC[C@@]1(C(=O)NCCN2CCSCC2)OC(=O)c2c1cc1n(c2=O)Cc2cc3ccccc3nc2-1. The van der Waals surface area contributed by atoms with Crippen LogP contribution in [-0.2, 0) is 21.7 Å². The second-order valence-electron chi connectivity index (χ2n) is 9.18. The van der Waals surface area contributed by atoms with E-state index >= 15 is 0 Å². The molecule has 0 unspecified atom stereocenters. The van der Waals surface area contributed by atoms with Gasteiger partial charge in [0.05, 0.1) is 23.4 Å². The Morgan fingerprint density at radius 2 is 2.00 bits per heavy atom. The molecule has 2 aromatic heterocycles. The van der Waals surface area contributed by atoms with Gasteiger partial charge in [0.1, 0.15) is 5.56 Å². The Kier molecular flexibility index (Phi) is 5.41. The number of hydrogen-bond donors (Lipinski definition) is 1. The van der Waals surface area contributed by atoms with E-state index in [1.54, 1.807) is 17.6 Å². The summed E-state index contributed by atoms with van der Waals surface area (Å²) < 4.78 is 7.25. The van der Waals surface area contributed by atoms with Crippen LogP contribution in [0.4, 0.5) is 0 Å². The van der Waals surface area contributed by atoms with Crippen LogP contribution in [0.15, 0.2) is 41.2 Å². The van der Waals surface area contributed by atoms with E-state index in [1.165, 1.54) is 0 Å². The number of fused-ring (bicyclic) bond motifs is 5. The summed E-state index contributed by atoms with van der Waals surface area (Å²) in [6.07, 6.45) is 0.235. The Labute approximate surface area is 206 Å². The zero-order valence-corrected chi connectivity index (χ0v) is 20.3. The number of benzene rings is 1. The van der Waals surface area contributed by atoms with E-state index in [0.29, 0.717) is 30.0 Å². The number of nitrogens with one attached hydrogen (secondary N) is 1. The fraction of sp³-hybridized carbons (Fsp3) is 0.385. The zero-order valence-electron chi connectivity index (χ0n) is 19.5. The van der Waals surface area contributed by atoms with Crippen LogP contribution >= 0.6 is 11.8 Å². The van der Waals surface area contributed by atoms with Gasteiger partial charge < -0.3 is 14.6 Å². The normalized spacial score (nSPS) is 20.9. The zero-order chi connectivity index (χ0) is 24.2. The van der Waals surface area contributed by atoms with Crippen LogP contribution in [0.3, 0.4) is 0 Å². The van der Waals surface area contributed by atoms with Crippen molar-refractivity contribution in [2.45, 2.75) is 25.5 Å². The number of rotatable bonds is 5. The predicted octanol–water partition coefficient (Wildman–Crippen LogP) is 2.37. The van der Waals surface area contributed by atoms with Gasteiger partial charge in [-0.25, -0.2) is 9.78 Å². The molecule has 35 heavy (non-hydrogen) atoms. The minimum atomic E-state index is -1.52. The Morgan fingerprint density at radius 3 is 2.80 bits per heavy atom. The Morgan fingerprint density at radius 1 is 1.20 bits per heavy atom. The van der Waals surface area contributed by atoms with Crippen molar-refractivity contribution in [1.29, 1.82) is 0 Å². The van der Waals surface area contributed by atoms with Gasteiger partial charge in [0.15, 0.2) is 0 Å². The average Bonchev–Trinajstić information content (AvgIpc) is 3.39. The molecule has 1 atom stereocenters. The largest absolute Gasteiger partial charge is 0.440 e. The molecule has 3 aliphatic rings. The molecule has 1 amide bonds. The smallest absolute Gasteiger partial charge is 0.345 e. The van der Waals surface area contributed by atoms with Gasteiger partial charge in [-0.1, -0.05) is 25.1 Å². The monoisotopic (exact) mass is 490 g/mol. The van der Waals surface area contributed by atoms with Crippen LogP contribution in [0.1, 0.15) is 34.8 Å². The van der Waals surface area contributed by atoms with E-state index in [-0.39, 0.29) is 17.9 Å².